The van der Waals surface area contributed by atoms with E-state index in [1.807, 2.05) is 0 Å². The highest BCUT2D eigenvalue weighted by Crippen LogP contribution is 2.26. The molecule has 0 saturated carbocycles. The number of carboxylic acids is 1. The fourth-order valence-corrected chi connectivity index (χ4v) is 3.52. The zero-order valence-corrected chi connectivity index (χ0v) is 12.7. The van der Waals surface area contributed by atoms with Crippen LogP contribution in [-0.2, 0) is 16.6 Å². The number of aryl methyl sites for hydroxylation is 1. The van der Waals surface area contributed by atoms with E-state index in [2.05, 4.69) is 0 Å². The molecule has 1 aromatic heterocycles. The molecule has 0 aliphatic heterocycles. The van der Waals surface area contributed by atoms with Gasteiger partial charge in [-0.25, -0.2) is 4.79 Å². The van der Waals surface area contributed by atoms with Crippen molar-refractivity contribution in [2.24, 2.45) is 0 Å². The average molecular weight is 333 g/mol. The van der Waals surface area contributed by atoms with E-state index >= 15 is 0 Å². The summed E-state index contributed by atoms with van der Waals surface area (Å²) in [6.07, 6.45) is 0. The van der Waals surface area contributed by atoms with Gasteiger partial charge in [-0.15, -0.1) is 0 Å². The number of hydrogen-bond donors (Lipinski definition) is 1. The van der Waals surface area contributed by atoms with Crippen molar-refractivity contribution in [1.29, 1.82) is 0 Å². The molecule has 0 fully saturated rings. The van der Waals surface area contributed by atoms with E-state index in [1.54, 1.807) is 19.1 Å². The van der Waals surface area contributed by atoms with Gasteiger partial charge in [0.1, 0.15) is 5.76 Å². The summed E-state index contributed by atoms with van der Waals surface area (Å²) in [5.74, 6) is -0.797. The second-order valence-electron chi connectivity index (χ2n) is 4.06. The van der Waals surface area contributed by atoms with Crippen LogP contribution in [0.3, 0.4) is 0 Å². The lowest BCUT2D eigenvalue weighted by Crippen LogP contribution is -1.98. The maximum absolute atomic E-state index is 12.3. The van der Waals surface area contributed by atoms with E-state index in [1.165, 1.54) is 12.1 Å². The first kappa shape index (κ1) is 15.1. The van der Waals surface area contributed by atoms with Crippen LogP contribution >= 0.6 is 23.2 Å². The summed E-state index contributed by atoms with van der Waals surface area (Å²) in [6, 6.07) is 6.08. The number of benzene rings is 1. The zero-order chi connectivity index (χ0) is 14.9. The number of carboxylic acid groups (broad SMARTS) is 1. The lowest BCUT2D eigenvalue weighted by atomic mass is 10.3. The molecule has 1 atom stereocenters. The van der Waals surface area contributed by atoms with Gasteiger partial charge in [0.2, 0.25) is 5.76 Å². The standard InChI is InChI=1S/C13H10Cl2O4S/c1-7-8(4-11(19-7)13(16)17)6-20(18)12-5-9(14)2-3-10(12)15/h2-5H,6H2,1H3,(H,16,17). The van der Waals surface area contributed by atoms with Crippen molar-refractivity contribution in [3.8, 4) is 0 Å². The molecule has 4 nitrogen and oxygen atoms in total. The summed E-state index contributed by atoms with van der Waals surface area (Å²) in [6.45, 7) is 1.62. The summed E-state index contributed by atoms with van der Waals surface area (Å²) in [5.41, 5.74) is 0.566. The Morgan fingerprint density at radius 1 is 1.35 bits per heavy atom. The van der Waals surface area contributed by atoms with Gasteiger partial charge >= 0.3 is 5.97 Å². The molecule has 0 bridgehead atoms. The molecule has 2 aromatic rings. The largest absolute Gasteiger partial charge is 0.475 e. The van der Waals surface area contributed by atoms with E-state index in [4.69, 9.17) is 32.7 Å². The van der Waals surface area contributed by atoms with Crippen molar-refractivity contribution < 1.29 is 18.5 Å². The van der Waals surface area contributed by atoms with Crippen LogP contribution in [0.2, 0.25) is 10.0 Å². The van der Waals surface area contributed by atoms with Gasteiger partial charge < -0.3 is 9.52 Å². The molecule has 0 amide bonds. The van der Waals surface area contributed by atoms with Crippen LogP contribution in [-0.4, -0.2) is 15.3 Å². The first-order valence-corrected chi connectivity index (χ1v) is 7.62. The van der Waals surface area contributed by atoms with Crippen molar-refractivity contribution in [3.05, 3.63) is 51.4 Å². The fourth-order valence-electron chi connectivity index (χ4n) is 1.64. The maximum atomic E-state index is 12.3. The number of halogens is 2. The topological polar surface area (TPSA) is 67.5 Å². The third-order valence-corrected chi connectivity index (χ3v) is 4.73. The Labute approximate surface area is 127 Å². The molecule has 0 spiro atoms. The lowest BCUT2D eigenvalue weighted by Gasteiger charge is -2.04. The monoisotopic (exact) mass is 332 g/mol. The van der Waals surface area contributed by atoms with Gasteiger partial charge in [-0.2, -0.15) is 0 Å². The Hall–Kier alpha value is -1.30. The fraction of sp³-hybridized carbons (Fsp3) is 0.154. The highest BCUT2D eigenvalue weighted by molar-refractivity contribution is 7.84. The average Bonchev–Trinajstić information content (AvgIpc) is 2.74. The van der Waals surface area contributed by atoms with Gasteiger partial charge in [-0.05, 0) is 31.2 Å². The highest BCUT2D eigenvalue weighted by Gasteiger charge is 2.17. The summed E-state index contributed by atoms with van der Waals surface area (Å²) < 4.78 is 17.4. The molecule has 0 aliphatic rings. The van der Waals surface area contributed by atoms with Crippen LogP contribution in [0.5, 0.6) is 0 Å². The van der Waals surface area contributed by atoms with Gasteiger partial charge in [0, 0.05) is 10.6 Å². The molecule has 1 aromatic carbocycles. The lowest BCUT2D eigenvalue weighted by molar-refractivity contribution is 0.0661. The predicted molar refractivity (Wildman–Crippen MR) is 77.0 cm³/mol. The summed E-state index contributed by atoms with van der Waals surface area (Å²) in [7, 11) is -1.44. The molecule has 7 heteroatoms. The first-order valence-electron chi connectivity index (χ1n) is 5.54. The number of carbonyl (C=O) groups is 1. The smallest absolute Gasteiger partial charge is 0.371 e. The molecular weight excluding hydrogens is 323 g/mol. The minimum Gasteiger partial charge on any atom is -0.475 e. The van der Waals surface area contributed by atoms with E-state index in [0.29, 0.717) is 26.3 Å². The van der Waals surface area contributed by atoms with Crippen molar-refractivity contribution in [1.82, 2.24) is 0 Å². The van der Waals surface area contributed by atoms with Crippen molar-refractivity contribution in [2.75, 3.05) is 0 Å². The highest BCUT2D eigenvalue weighted by atomic mass is 35.5. The molecule has 106 valence electrons. The summed E-state index contributed by atoms with van der Waals surface area (Å²) in [4.78, 5) is 11.2. The number of furan rings is 1. The molecule has 2 rings (SSSR count). The van der Waals surface area contributed by atoms with Gasteiger partial charge in [-0.3, -0.25) is 4.21 Å². The molecule has 1 heterocycles. The van der Waals surface area contributed by atoms with E-state index in [9.17, 15) is 9.00 Å². The number of rotatable bonds is 4. The van der Waals surface area contributed by atoms with Gasteiger partial charge in [0.25, 0.3) is 0 Å². The van der Waals surface area contributed by atoms with Crippen LogP contribution in [0.25, 0.3) is 0 Å². The Balaban J connectivity index is 2.28. The first-order chi connectivity index (χ1) is 9.38. The SMILES string of the molecule is Cc1oc(C(=O)O)cc1CS(=O)c1cc(Cl)ccc1Cl. The van der Waals surface area contributed by atoms with Crippen LogP contribution in [0.4, 0.5) is 0 Å². The molecular formula is C13H10Cl2O4S. The third kappa shape index (κ3) is 3.23. The minimum absolute atomic E-state index is 0.114. The van der Waals surface area contributed by atoms with Gasteiger partial charge in [0.15, 0.2) is 0 Å². The summed E-state index contributed by atoms with van der Waals surface area (Å²) in [5, 5.41) is 9.64. The molecule has 1 N–H and O–H groups in total. The Morgan fingerprint density at radius 3 is 2.65 bits per heavy atom. The van der Waals surface area contributed by atoms with Crippen molar-refractivity contribution in [3.63, 3.8) is 0 Å². The van der Waals surface area contributed by atoms with E-state index in [-0.39, 0.29) is 11.5 Å². The van der Waals surface area contributed by atoms with Crippen LogP contribution in [0.15, 0.2) is 33.6 Å². The molecule has 20 heavy (non-hydrogen) atoms. The minimum atomic E-state index is -1.44. The molecule has 0 radical (unpaired) electrons. The second kappa shape index (κ2) is 5.99. The normalized spacial score (nSPS) is 12.3. The second-order valence-corrected chi connectivity index (χ2v) is 6.33. The van der Waals surface area contributed by atoms with Crippen molar-refractivity contribution in [2.45, 2.75) is 17.6 Å². The number of hydrogen-bond acceptors (Lipinski definition) is 3. The maximum Gasteiger partial charge on any atom is 0.371 e. The Kier molecular flexibility index (Phi) is 4.52. The van der Waals surface area contributed by atoms with Crippen LogP contribution < -0.4 is 0 Å². The third-order valence-electron chi connectivity index (χ3n) is 2.66. The Morgan fingerprint density at radius 2 is 2.05 bits per heavy atom. The Bertz CT molecular complexity index is 694. The predicted octanol–water partition coefficient (Wildman–Crippen LogP) is 3.90. The quantitative estimate of drug-likeness (QED) is 0.921. The van der Waals surface area contributed by atoms with E-state index < -0.39 is 16.8 Å². The van der Waals surface area contributed by atoms with Gasteiger partial charge in [0.05, 0.1) is 26.5 Å². The zero-order valence-electron chi connectivity index (χ0n) is 10.4. The van der Waals surface area contributed by atoms with Crippen LogP contribution in [0, 0.1) is 6.92 Å². The van der Waals surface area contributed by atoms with Gasteiger partial charge in [-0.1, -0.05) is 23.2 Å². The molecule has 0 aliphatic carbocycles. The van der Waals surface area contributed by atoms with E-state index in [0.717, 1.165) is 0 Å². The molecule has 1 unspecified atom stereocenters. The summed E-state index contributed by atoms with van der Waals surface area (Å²) >= 11 is 11.8. The van der Waals surface area contributed by atoms with Crippen LogP contribution in [0.1, 0.15) is 21.9 Å². The van der Waals surface area contributed by atoms with Crippen molar-refractivity contribution >= 4 is 40.0 Å². The number of aromatic carboxylic acids is 1. The molecule has 0 saturated heterocycles.